The standard InChI is InChI=1S/C52H33N5/c1-4-16-36(17-5-1)47-44-32-31-35-15-10-11-24-42(35)49(44)55-51(53-47)40-21-14-20-39(33-40)34-27-29-38(30-28-34)50-54-48(37-18-6-2-7-19-37)46-43-25-12-13-26-45(43)57(52(46)56-50)41-22-8-3-9-23-41/h1-33H. The van der Waals surface area contributed by atoms with Gasteiger partial charge in [-0.3, -0.25) is 4.57 Å². The summed E-state index contributed by atoms with van der Waals surface area (Å²) in [7, 11) is 0. The fourth-order valence-corrected chi connectivity index (χ4v) is 8.08. The zero-order chi connectivity index (χ0) is 37.7. The molecule has 0 fully saturated rings. The Balaban J connectivity index is 1.03. The summed E-state index contributed by atoms with van der Waals surface area (Å²) in [6, 6.07) is 69.6. The third-order valence-corrected chi connectivity index (χ3v) is 10.8. The minimum atomic E-state index is 0.673. The zero-order valence-electron chi connectivity index (χ0n) is 30.8. The number of aromatic nitrogens is 5. The maximum atomic E-state index is 5.32. The highest BCUT2D eigenvalue weighted by atomic mass is 15.1. The van der Waals surface area contributed by atoms with Gasteiger partial charge in [-0.05, 0) is 46.8 Å². The van der Waals surface area contributed by atoms with Crippen molar-refractivity contribution in [3.8, 4) is 62.1 Å². The largest absolute Gasteiger partial charge is 0.294 e. The summed E-state index contributed by atoms with van der Waals surface area (Å²) in [4.78, 5) is 21.0. The first kappa shape index (κ1) is 32.7. The summed E-state index contributed by atoms with van der Waals surface area (Å²) in [6.45, 7) is 0. The molecular weight excluding hydrogens is 695 g/mol. The third kappa shape index (κ3) is 5.64. The average Bonchev–Trinajstić information content (AvgIpc) is 3.63. The Hall–Kier alpha value is -7.76. The molecule has 5 heteroatoms. The molecule has 0 unspecified atom stereocenters. The van der Waals surface area contributed by atoms with Crippen LogP contribution < -0.4 is 0 Å². The SMILES string of the molecule is c1ccc(-c2nc(-c3cccc(-c4ccc(-c5nc(-c6ccccc6)c6c7ccccc7n(-c7ccccc7)c6n5)cc4)c3)nc3c2ccc2ccccc23)cc1. The predicted octanol–water partition coefficient (Wildman–Crippen LogP) is 13.0. The van der Waals surface area contributed by atoms with Crippen LogP contribution in [0.5, 0.6) is 0 Å². The third-order valence-electron chi connectivity index (χ3n) is 10.8. The van der Waals surface area contributed by atoms with Crippen LogP contribution in [-0.4, -0.2) is 24.5 Å². The number of hydrogen-bond donors (Lipinski definition) is 0. The maximum absolute atomic E-state index is 5.32. The van der Waals surface area contributed by atoms with Crippen LogP contribution in [0.25, 0.3) is 106 Å². The maximum Gasteiger partial charge on any atom is 0.162 e. The first-order chi connectivity index (χ1) is 28.3. The molecule has 3 aromatic heterocycles. The smallest absolute Gasteiger partial charge is 0.162 e. The lowest BCUT2D eigenvalue weighted by atomic mass is 9.99. The number of nitrogens with zero attached hydrogens (tertiary/aromatic N) is 5. The molecule has 0 amide bonds. The zero-order valence-corrected chi connectivity index (χ0v) is 30.8. The predicted molar refractivity (Wildman–Crippen MR) is 234 cm³/mol. The quantitative estimate of drug-likeness (QED) is 0.160. The molecule has 8 aromatic carbocycles. The van der Waals surface area contributed by atoms with Crippen molar-refractivity contribution in [3.05, 3.63) is 200 Å². The molecule has 0 saturated carbocycles. The van der Waals surface area contributed by atoms with Crippen LogP contribution in [0.4, 0.5) is 0 Å². The van der Waals surface area contributed by atoms with E-state index in [9.17, 15) is 0 Å². The molecule has 0 aliphatic carbocycles. The van der Waals surface area contributed by atoms with E-state index < -0.39 is 0 Å². The fourth-order valence-electron chi connectivity index (χ4n) is 8.08. The van der Waals surface area contributed by atoms with Gasteiger partial charge in [0.25, 0.3) is 0 Å². The first-order valence-corrected chi connectivity index (χ1v) is 19.1. The first-order valence-electron chi connectivity index (χ1n) is 19.1. The van der Waals surface area contributed by atoms with Crippen LogP contribution in [0.1, 0.15) is 0 Å². The van der Waals surface area contributed by atoms with Crippen molar-refractivity contribution in [1.29, 1.82) is 0 Å². The minimum absolute atomic E-state index is 0.673. The van der Waals surface area contributed by atoms with Crippen molar-refractivity contribution in [2.45, 2.75) is 0 Å². The van der Waals surface area contributed by atoms with E-state index in [0.717, 1.165) is 94.1 Å². The highest BCUT2D eigenvalue weighted by molar-refractivity contribution is 6.14. The Morgan fingerprint density at radius 3 is 1.68 bits per heavy atom. The lowest BCUT2D eigenvalue weighted by Crippen LogP contribution is -1.99. The van der Waals surface area contributed by atoms with E-state index in [1.165, 1.54) is 0 Å². The van der Waals surface area contributed by atoms with E-state index in [1.807, 2.05) is 18.2 Å². The highest BCUT2D eigenvalue weighted by Gasteiger charge is 2.21. The Morgan fingerprint density at radius 2 is 0.912 bits per heavy atom. The van der Waals surface area contributed by atoms with Gasteiger partial charge in [0.2, 0.25) is 0 Å². The molecule has 0 saturated heterocycles. The Bertz CT molecular complexity index is 3270. The van der Waals surface area contributed by atoms with Crippen molar-refractivity contribution in [1.82, 2.24) is 24.5 Å². The molecule has 0 aliphatic rings. The molecule has 0 bridgehead atoms. The monoisotopic (exact) mass is 727 g/mol. The van der Waals surface area contributed by atoms with Gasteiger partial charge in [-0.1, -0.05) is 170 Å². The number of hydrogen-bond acceptors (Lipinski definition) is 4. The van der Waals surface area contributed by atoms with Gasteiger partial charge in [-0.25, -0.2) is 19.9 Å². The summed E-state index contributed by atoms with van der Waals surface area (Å²) >= 11 is 0. The van der Waals surface area contributed by atoms with Crippen LogP contribution in [0, 0.1) is 0 Å². The van der Waals surface area contributed by atoms with Gasteiger partial charge in [0.05, 0.1) is 27.8 Å². The van der Waals surface area contributed by atoms with E-state index in [4.69, 9.17) is 19.9 Å². The second-order valence-corrected chi connectivity index (χ2v) is 14.3. The topological polar surface area (TPSA) is 56.5 Å². The van der Waals surface area contributed by atoms with Gasteiger partial charge in [0, 0.05) is 44.1 Å². The van der Waals surface area contributed by atoms with Crippen molar-refractivity contribution >= 4 is 43.6 Å². The summed E-state index contributed by atoms with van der Waals surface area (Å²) < 4.78 is 2.25. The second-order valence-electron chi connectivity index (χ2n) is 14.3. The van der Waals surface area contributed by atoms with Crippen LogP contribution in [0.2, 0.25) is 0 Å². The number of para-hydroxylation sites is 2. The van der Waals surface area contributed by atoms with Crippen LogP contribution in [-0.2, 0) is 0 Å². The molecule has 0 aliphatic heterocycles. The van der Waals surface area contributed by atoms with E-state index in [0.29, 0.717) is 11.6 Å². The van der Waals surface area contributed by atoms with Gasteiger partial charge in [-0.15, -0.1) is 0 Å². The van der Waals surface area contributed by atoms with Gasteiger partial charge < -0.3 is 0 Å². The van der Waals surface area contributed by atoms with Gasteiger partial charge in [0.15, 0.2) is 11.6 Å². The summed E-state index contributed by atoms with van der Waals surface area (Å²) in [5.74, 6) is 1.37. The fraction of sp³-hybridized carbons (Fsp3) is 0. The molecule has 0 spiro atoms. The number of fused-ring (bicyclic) bond motifs is 6. The van der Waals surface area contributed by atoms with Crippen molar-refractivity contribution < 1.29 is 0 Å². The number of benzene rings is 8. The Labute approximate surface area is 329 Å². The molecule has 5 nitrogen and oxygen atoms in total. The molecule has 0 N–H and O–H groups in total. The molecule has 266 valence electrons. The van der Waals surface area contributed by atoms with E-state index in [1.54, 1.807) is 0 Å². The van der Waals surface area contributed by atoms with Gasteiger partial charge in [0.1, 0.15) is 5.65 Å². The molecule has 11 aromatic rings. The van der Waals surface area contributed by atoms with Crippen LogP contribution in [0.15, 0.2) is 200 Å². The molecule has 0 atom stereocenters. The van der Waals surface area contributed by atoms with E-state index in [-0.39, 0.29) is 0 Å². The summed E-state index contributed by atoms with van der Waals surface area (Å²) in [5.41, 5.74) is 12.0. The molecule has 11 rings (SSSR count). The minimum Gasteiger partial charge on any atom is -0.294 e. The van der Waals surface area contributed by atoms with Crippen LogP contribution >= 0.6 is 0 Å². The molecule has 57 heavy (non-hydrogen) atoms. The van der Waals surface area contributed by atoms with E-state index >= 15 is 0 Å². The van der Waals surface area contributed by atoms with Crippen molar-refractivity contribution in [2.75, 3.05) is 0 Å². The van der Waals surface area contributed by atoms with Gasteiger partial charge >= 0.3 is 0 Å². The van der Waals surface area contributed by atoms with Crippen molar-refractivity contribution in [2.24, 2.45) is 0 Å². The molecular formula is C52H33N5. The average molecular weight is 728 g/mol. The highest BCUT2D eigenvalue weighted by Crippen LogP contribution is 2.39. The van der Waals surface area contributed by atoms with Gasteiger partial charge in [-0.2, -0.15) is 0 Å². The Morgan fingerprint density at radius 1 is 0.333 bits per heavy atom. The summed E-state index contributed by atoms with van der Waals surface area (Å²) in [6.07, 6.45) is 0. The lowest BCUT2D eigenvalue weighted by molar-refractivity contribution is 1.11. The molecule has 0 radical (unpaired) electrons. The normalized spacial score (nSPS) is 11.5. The van der Waals surface area contributed by atoms with Crippen molar-refractivity contribution in [3.63, 3.8) is 0 Å². The lowest BCUT2D eigenvalue weighted by Gasteiger charge is -2.12. The molecule has 3 heterocycles. The number of rotatable bonds is 6. The Kier molecular flexibility index (Phi) is 7.74. The van der Waals surface area contributed by atoms with E-state index in [2.05, 4.69) is 187 Å². The summed E-state index contributed by atoms with van der Waals surface area (Å²) in [5, 5.41) is 5.47. The van der Waals surface area contributed by atoms with Crippen LogP contribution in [0.3, 0.4) is 0 Å². The second kappa shape index (κ2) is 13.5.